The number of thiazole rings is 1. The van der Waals surface area contributed by atoms with Crippen molar-refractivity contribution >= 4 is 39.9 Å². The van der Waals surface area contributed by atoms with E-state index in [1.54, 1.807) is 5.51 Å². The van der Waals surface area contributed by atoms with Crippen LogP contribution in [-0.2, 0) is 19.6 Å². The monoisotopic (exact) mass is 346 g/mol. The van der Waals surface area contributed by atoms with Gasteiger partial charge in [-0.15, -0.1) is 11.3 Å². The van der Waals surface area contributed by atoms with Crippen molar-refractivity contribution in [2.75, 3.05) is 6.54 Å². The number of hydrogen-bond acceptors (Lipinski definition) is 3. The third-order valence-corrected chi connectivity index (χ3v) is 5.08. The van der Waals surface area contributed by atoms with E-state index in [-0.39, 0.29) is 6.03 Å². The van der Waals surface area contributed by atoms with Gasteiger partial charge in [0.15, 0.2) is 0 Å². The van der Waals surface area contributed by atoms with Gasteiger partial charge in [-0.2, -0.15) is 0 Å². The number of amides is 2. The summed E-state index contributed by atoms with van der Waals surface area (Å²) in [4.78, 5) is 18.3. The van der Waals surface area contributed by atoms with E-state index in [4.69, 9.17) is 11.6 Å². The van der Waals surface area contributed by atoms with E-state index in [9.17, 15) is 4.79 Å². The molecule has 1 N–H and O–H groups in total. The molecule has 1 aliphatic heterocycles. The maximum atomic E-state index is 12.3. The van der Waals surface area contributed by atoms with Crippen molar-refractivity contribution in [3.63, 3.8) is 0 Å². The number of fused-ring (bicyclic) bond motifs is 3. The second-order valence-electron chi connectivity index (χ2n) is 5.52. The average Bonchev–Trinajstić information content (AvgIpc) is 3.20. The van der Waals surface area contributed by atoms with Crippen LogP contribution in [0.3, 0.4) is 0 Å². The summed E-state index contributed by atoms with van der Waals surface area (Å²) >= 11 is 7.80. The molecule has 7 heteroatoms. The van der Waals surface area contributed by atoms with E-state index in [0.29, 0.717) is 19.6 Å². The summed E-state index contributed by atoms with van der Waals surface area (Å²) < 4.78 is 2.24. The maximum Gasteiger partial charge on any atom is 0.318 e. The molecule has 0 radical (unpaired) electrons. The van der Waals surface area contributed by atoms with Crippen LogP contribution < -0.4 is 5.32 Å². The van der Waals surface area contributed by atoms with Gasteiger partial charge in [0.25, 0.3) is 0 Å². The number of hydrogen-bond donors (Lipinski definition) is 1. The number of aromatic nitrogens is 2. The smallest absolute Gasteiger partial charge is 0.318 e. The summed E-state index contributed by atoms with van der Waals surface area (Å²) in [6, 6.07) is 7.96. The Morgan fingerprint density at radius 1 is 1.39 bits per heavy atom. The zero-order valence-corrected chi connectivity index (χ0v) is 13.9. The molecule has 1 aliphatic rings. The van der Waals surface area contributed by atoms with E-state index in [2.05, 4.69) is 27.0 Å². The number of halogens is 1. The first kappa shape index (κ1) is 14.5. The van der Waals surface area contributed by atoms with Gasteiger partial charge in [0.05, 0.1) is 24.3 Å². The van der Waals surface area contributed by atoms with E-state index in [0.717, 1.165) is 33.9 Å². The van der Waals surface area contributed by atoms with Crippen LogP contribution in [0.1, 0.15) is 11.4 Å². The number of carbonyl (C=O) groups excluding carboxylic acids is 1. The highest BCUT2D eigenvalue weighted by molar-refractivity contribution is 7.07. The van der Waals surface area contributed by atoms with Crippen LogP contribution in [0.25, 0.3) is 10.9 Å². The van der Waals surface area contributed by atoms with Crippen molar-refractivity contribution in [2.24, 2.45) is 0 Å². The van der Waals surface area contributed by atoms with Gasteiger partial charge in [0.2, 0.25) is 0 Å². The highest BCUT2D eigenvalue weighted by Gasteiger charge is 2.22. The summed E-state index contributed by atoms with van der Waals surface area (Å²) in [5, 5.41) is 6.67. The van der Waals surface area contributed by atoms with Gasteiger partial charge < -0.3 is 14.8 Å². The first-order chi connectivity index (χ1) is 11.2. The van der Waals surface area contributed by atoms with Gasteiger partial charge in [-0.25, -0.2) is 9.78 Å². The SMILES string of the molecule is O=C(NCc1cscn1)N1CCn2c(cc3c(Cl)cccc32)C1. The molecule has 23 heavy (non-hydrogen) atoms. The molecule has 0 aliphatic carbocycles. The Bertz CT molecular complexity index is 858. The number of rotatable bonds is 2. The number of benzene rings is 1. The summed E-state index contributed by atoms with van der Waals surface area (Å²) in [6.45, 7) is 2.52. The topological polar surface area (TPSA) is 50.2 Å². The van der Waals surface area contributed by atoms with Crippen LogP contribution in [0.15, 0.2) is 35.2 Å². The van der Waals surface area contributed by atoms with Crippen LogP contribution in [0.5, 0.6) is 0 Å². The first-order valence-electron chi connectivity index (χ1n) is 7.39. The predicted octanol–water partition coefficient (Wildman–Crippen LogP) is 3.48. The lowest BCUT2D eigenvalue weighted by atomic mass is 10.2. The highest BCUT2D eigenvalue weighted by atomic mass is 35.5. The van der Waals surface area contributed by atoms with Gasteiger partial charge in [0, 0.05) is 40.1 Å². The molecule has 5 nitrogen and oxygen atoms in total. The molecular formula is C16H15ClN4OS. The van der Waals surface area contributed by atoms with Gasteiger partial charge in [-0.05, 0) is 18.2 Å². The number of nitrogens with one attached hydrogen (secondary N) is 1. The molecule has 4 rings (SSSR count). The van der Waals surface area contributed by atoms with E-state index >= 15 is 0 Å². The summed E-state index contributed by atoms with van der Waals surface area (Å²) in [6.07, 6.45) is 0. The standard InChI is InChI=1S/C16H15ClN4OS/c17-14-2-1-3-15-13(14)6-12-8-20(4-5-21(12)15)16(22)18-7-11-9-23-10-19-11/h1-3,6,9-10H,4-5,7-8H2,(H,18,22). The maximum absolute atomic E-state index is 12.3. The highest BCUT2D eigenvalue weighted by Crippen LogP contribution is 2.29. The lowest BCUT2D eigenvalue weighted by Gasteiger charge is -2.29. The summed E-state index contributed by atoms with van der Waals surface area (Å²) in [7, 11) is 0. The van der Waals surface area contributed by atoms with Gasteiger partial charge in [-0.1, -0.05) is 17.7 Å². The molecule has 0 bridgehead atoms. The Morgan fingerprint density at radius 2 is 2.30 bits per heavy atom. The summed E-state index contributed by atoms with van der Waals surface area (Å²) in [5.74, 6) is 0. The zero-order valence-electron chi connectivity index (χ0n) is 12.3. The Labute approximate surface area is 142 Å². The zero-order chi connectivity index (χ0) is 15.8. The van der Waals surface area contributed by atoms with Crippen molar-refractivity contribution in [2.45, 2.75) is 19.6 Å². The van der Waals surface area contributed by atoms with Crippen LogP contribution in [0.4, 0.5) is 4.79 Å². The predicted molar refractivity (Wildman–Crippen MR) is 91.7 cm³/mol. The van der Waals surface area contributed by atoms with E-state index < -0.39 is 0 Å². The van der Waals surface area contributed by atoms with Crippen molar-refractivity contribution in [3.8, 4) is 0 Å². The van der Waals surface area contributed by atoms with Gasteiger partial charge in [-0.3, -0.25) is 0 Å². The minimum absolute atomic E-state index is 0.0550. The molecule has 2 aromatic heterocycles. The molecule has 118 valence electrons. The fourth-order valence-electron chi connectivity index (χ4n) is 2.97. The molecule has 2 amide bonds. The molecular weight excluding hydrogens is 332 g/mol. The van der Waals surface area contributed by atoms with Crippen molar-refractivity contribution in [1.82, 2.24) is 19.8 Å². The third kappa shape index (κ3) is 2.68. The minimum atomic E-state index is -0.0550. The molecule has 0 fully saturated rings. The van der Waals surface area contributed by atoms with Crippen molar-refractivity contribution < 1.29 is 4.79 Å². The second kappa shape index (κ2) is 5.86. The van der Waals surface area contributed by atoms with Crippen molar-refractivity contribution in [1.29, 1.82) is 0 Å². The van der Waals surface area contributed by atoms with Gasteiger partial charge >= 0.3 is 6.03 Å². The Kier molecular flexibility index (Phi) is 3.71. The Balaban J connectivity index is 1.51. The molecule has 0 atom stereocenters. The number of carbonyl (C=O) groups is 1. The lowest BCUT2D eigenvalue weighted by molar-refractivity contribution is 0.183. The average molecular weight is 347 g/mol. The molecule has 3 aromatic rings. The van der Waals surface area contributed by atoms with E-state index in [1.807, 2.05) is 22.4 Å². The Hall–Kier alpha value is -2.05. The number of urea groups is 1. The van der Waals surface area contributed by atoms with E-state index in [1.165, 1.54) is 11.3 Å². The quantitative estimate of drug-likeness (QED) is 0.772. The van der Waals surface area contributed by atoms with Crippen LogP contribution in [-0.4, -0.2) is 27.0 Å². The van der Waals surface area contributed by atoms with Crippen LogP contribution >= 0.6 is 22.9 Å². The van der Waals surface area contributed by atoms with Gasteiger partial charge in [0.1, 0.15) is 0 Å². The largest absolute Gasteiger partial charge is 0.341 e. The Morgan fingerprint density at radius 3 is 3.13 bits per heavy atom. The first-order valence-corrected chi connectivity index (χ1v) is 8.71. The normalized spacial score (nSPS) is 14.0. The molecule has 1 aromatic carbocycles. The fraction of sp³-hybridized carbons (Fsp3) is 0.250. The molecule has 0 spiro atoms. The minimum Gasteiger partial charge on any atom is -0.341 e. The fourth-order valence-corrected chi connectivity index (χ4v) is 3.75. The number of nitrogens with zero attached hydrogens (tertiary/aromatic N) is 3. The van der Waals surface area contributed by atoms with Crippen LogP contribution in [0.2, 0.25) is 5.02 Å². The lowest BCUT2D eigenvalue weighted by Crippen LogP contribution is -2.43. The second-order valence-corrected chi connectivity index (χ2v) is 6.65. The third-order valence-electron chi connectivity index (χ3n) is 4.12. The molecule has 0 saturated carbocycles. The molecule has 0 saturated heterocycles. The van der Waals surface area contributed by atoms with Crippen LogP contribution in [0, 0.1) is 0 Å². The molecule has 3 heterocycles. The van der Waals surface area contributed by atoms with Crippen molar-refractivity contribution in [3.05, 3.63) is 51.6 Å². The molecule has 0 unspecified atom stereocenters. The summed E-state index contributed by atoms with van der Waals surface area (Å²) in [5.41, 5.74) is 4.91.